The molecule has 0 unspecified atom stereocenters. The number of rotatable bonds is 2. The molecule has 0 spiro atoms. The van der Waals surface area contributed by atoms with Crippen LogP contribution in [0.25, 0.3) is 17.1 Å². The summed E-state index contributed by atoms with van der Waals surface area (Å²) in [4.78, 5) is 0. The van der Waals surface area contributed by atoms with Gasteiger partial charge in [-0.05, 0) is 75.6 Å². The van der Waals surface area contributed by atoms with Crippen LogP contribution in [0, 0.1) is 13.8 Å². The topological polar surface area (TPSA) is 69.6 Å². The highest BCUT2D eigenvalue weighted by Gasteiger charge is 2.14. The normalized spacial score (nSPS) is 10.8. The Morgan fingerprint density at radius 1 is 1.14 bits per heavy atom. The number of halogens is 1. The third-order valence-electron chi connectivity index (χ3n) is 3.23. The molecular weight excluding hydrogens is 330 g/mol. The Morgan fingerprint density at radius 2 is 1.95 bits per heavy atom. The number of aryl methyl sites for hydroxylation is 2. The third kappa shape index (κ3) is 2.54. The molecule has 1 aromatic heterocycles. The van der Waals surface area contributed by atoms with Gasteiger partial charge in [-0.25, -0.2) is 0 Å². The number of hydrogen-bond donors (Lipinski definition) is 1. The summed E-state index contributed by atoms with van der Waals surface area (Å²) in [5.74, 6) is 0.664. The lowest BCUT2D eigenvalue weighted by atomic mass is 10.1. The summed E-state index contributed by atoms with van der Waals surface area (Å²) in [6.07, 6.45) is 0. The minimum absolute atomic E-state index is 0.664. The zero-order chi connectivity index (χ0) is 15.0. The van der Waals surface area contributed by atoms with Crippen molar-refractivity contribution < 1.29 is 0 Å². The number of aromatic nitrogens is 4. The second-order valence-electron chi connectivity index (χ2n) is 4.95. The molecule has 0 saturated heterocycles. The van der Waals surface area contributed by atoms with Crippen LogP contribution in [0.4, 0.5) is 5.69 Å². The number of nitrogens with two attached hydrogens (primary N) is 1. The van der Waals surface area contributed by atoms with Crippen LogP contribution in [0.1, 0.15) is 11.1 Å². The van der Waals surface area contributed by atoms with Crippen LogP contribution in [0.5, 0.6) is 0 Å². The minimum Gasteiger partial charge on any atom is -0.399 e. The Kier molecular flexibility index (Phi) is 3.47. The lowest BCUT2D eigenvalue weighted by Crippen LogP contribution is -2.02. The van der Waals surface area contributed by atoms with Crippen molar-refractivity contribution in [3.8, 4) is 17.1 Å². The monoisotopic (exact) mass is 343 g/mol. The molecule has 5 nitrogen and oxygen atoms in total. The maximum absolute atomic E-state index is 5.92. The second-order valence-corrected chi connectivity index (χ2v) is 5.75. The van der Waals surface area contributed by atoms with Crippen molar-refractivity contribution in [2.45, 2.75) is 13.8 Å². The number of nitrogen functional groups attached to an aromatic ring is 1. The first-order chi connectivity index (χ1) is 10.1. The first-order valence-electron chi connectivity index (χ1n) is 6.47. The highest BCUT2D eigenvalue weighted by atomic mass is 79.9. The SMILES string of the molecule is Cc1cc(N)cc(-c2nnnn2-c2cccc(C)c2Br)c1. The van der Waals surface area contributed by atoms with Gasteiger partial charge in [-0.3, -0.25) is 0 Å². The number of tetrazole rings is 1. The van der Waals surface area contributed by atoms with Crippen molar-refractivity contribution in [3.63, 3.8) is 0 Å². The van der Waals surface area contributed by atoms with Crippen LogP contribution in [-0.2, 0) is 0 Å². The summed E-state index contributed by atoms with van der Waals surface area (Å²) in [6, 6.07) is 11.8. The molecule has 3 rings (SSSR count). The second kappa shape index (κ2) is 5.29. The molecule has 2 aromatic carbocycles. The van der Waals surface area contributed by atoms with Crippen molar-refractivity contribution >= 4 is 21.6 Å². The van der Waals surface area contributed by atoms with Gasteiger partial charge in [0.05, 0.1) is 5.69 Å². The molecule has 0 saturated carbocycles. The van der Waals surface area contributed by atoms with Crippen molar-refractivity contribution in [3.05, 3.63) is 52.0 Å². The van der Waals surface area contributed by atoms with Crippen LogP contribution in [-0.4, -0.2) is 20.2 Å². The van der Waals surface area contributed by atoms with Gasteiger partial charge in [0, 0.05) is 15.7 Å². The molecule has 0 atom stereocenters. The highest BCUT2D eigenvalue weighted by molar-refractivity contribution is 9.10. The Labute approximate surface area is 130 Å². The van der Waals surface area contributed by atoms with E-state index in [1.165, 1.54) is 0 Å². The zero-order valence-electron chi connectivity index (χ0n) is 11.7. The predicted molar refractivity (Wildman–Crippen MR) is 86.2 cm³/mol. The predicted octanol–water partition coefficient (Wildman–Crippen LogP) is 3.29. The molecular formula is C15H14BrN5. The lowest BCUT2D eigenvalue weighted by molar-refractivity contribution is 0.788. The smallest absolute Gasteiger partial charge is 0.187 e. The summed E-state index contributed by atoms with van der Waals surface area (Å²) in [5, 5.41) is 12.1. The van der Waals surface area contributed by atoms with Crippen LogP contribution in [0.2, 0.25) is 0 Å². The molecule has 21 heavy (non-hydrogen) atoms. The molecule has 0 aliphatic carbocycles. The summed E-state index contributed by atoms with van der Waals surface area (Å²) >= 11 is 3.60. The van der Waals surface area contributed by atoms with Gasteiger partial charge in [0.1, 0.15) is 0 Å². The van der Waals surface area contributed by atoms with Gasteiger partial charge in [-0.1, -0.05) is 12.1 Å². The molecule has 2 N–H and O–H groups in total. The average molecular weight is 344 g/mol. The van der Waals surface area contributed by atoms with Crippen LogP contribution in [0.15, 0.2) is 40.9 Å². The fourth-order valence-electron chi connectivity index (χ4n) is 2.27. The van der Waals surface area contributed by atoms with E-state index in [1.807, 2.05) is 50.2 Å². The van der Waals surface area contributed by atoms with Crippen molar-refractivity contribution in [1.29, 1.82) is 0 Å². The first-order valence-corrected chi connectivity index (χ1v) is 7.27. The standard InChI is InChI=1S/C15H14BrN5/c1-9-6-11(8-12(17)7-9)15-18-19-20-21(15)13-5-3-4-10(2)14(13)16/h3-8H,17H2,1-2H3. The Balaban J connectivity index is 2.19. The van der Waals surface area contributed by atoms with E-state index in [0.29, 0.717) is 11.5 Å². The van der Waals surface area contributed by atoms with Gasteiger partial charge in [0.2, 0.25) is 0 Å². The van der Waals surface area contributed by atoms with E-state index >= 15 is 0 Å². The zero-order valence-corrected chi connectivity index (χ0v) is 13.3. The summed E-state index contributed by atoms with van der Waals surface area (Å²) in [5.41, 5.74) is 10.6. The molecule has 106 valence electrons. The van der Waals surface area contributed by atoms with Crippen LogP contribution < -0.4 is 5.73 Å². The number of anilines is 1. The molecule has 0 amide bonds. The fraction of sp³-hybridized carbons (Fsp3) is 0.133. The van der Waals surface area contributed by atoms with E-state index in [9.17, 15) is 0 Å². The lowest BCUT2D eigenvalue weighted by Gasteiger charge is -2.09. The summed E-state index contributed by atoms with van der Waals surface area (Å²) in [7, 11) is 0. The van der Waals surface area contributed by atoms with Crippen LogP contribution >= 0.6 is 15.9 Å². The third-order valence-corrected chi connectivity index (χ3v) is 4.26. The van der Waals surface area contributed by atoms with Crippen molar-refractivity contribution in [2.75, 3.05) is 5.73 Å². The number of hydrogen-bond acceptors (Lipinski definition) is 4. The largest absolute Gasteiger partial charge is 0.399 e. The van der Waals surface area contributed by atoms with E-state index in [4.69, 9.17) is 5.73 Å². The van der Waals surface area contributed by atoms with Crippen molar-refractivity contribution in [1.82, 2.24) is 20.2 Å². The van der Waals surface area contributed by atoms with Gasteiger partial charge in [0.25, 0.3) is 0 Å². The molecule has 0 bridgehead atoms. The fourth-order valence-corrected chi connectivity index (χ4v) is 2.70. The molecule has 0 aliphatic rings. The van der Waals surface area contributed by atoms with Gasteiger partial charge in [-0.2, -0.15) is 4.68 Å². The van der Waals surface area contributed by atoms with E-state index in [-0.39, 0.29) is 0 Å². The van der Waals surface area contributed by atoms with E-state index in [1.54, 1.807) is 4.68 Å². The Bertz CT molecular complexity index is 789. The summed E-state index contributed by atoms with van der Waals surface area (Å²) in [6.45, 7) is 4.03. The van der Waals surface area contributed by atoms with Gasteiger partial charge in [-0.15, -0.1) is 5.10 Å². The molecule has 0 aliphatic heterocycles. The van der Waals surface area contributed by atoms with Crippen molar-refractivity contribution in [2.24, 2.45) is 0 Å². The highest BCUT2D eigenvalue weighted by Crippen LogP contribution is 2.28. The molecule has 1 heterocycles. The first kappa shape index (κ1) is 13.8. The number of benzene rings is 2. The minimum atomic E-state index is 0.664. The maximum Gasteiger partial charge on any atom is 0.187 e. The Morgan fingerprint density at radius 3 is 2.71 bits per heavy atom. The van der Waals surface area contributed by atoms with E-state index in [2.05, 4.69) is 31.5 Å². The molecule has 6 heteroatoms. The van der Waals surface area contributed by atoms with E-state index in [0.717, 1.165) is 26.9 Å². The maximum atomic E-state index is 5.92. The van der Waals surface area contributed by atoms with Gasteiger partial charge in [0.15, 0.2) is 5.82 Å². The Hall–Kier alpha value is -2.21. The molecule has 0 radical (unpaired) electrons. The molecule has 3 aromatic rings. The van der Waals surface area contributed by atoms with Gasteiger partial charge < -0.3 is 5.73 Å². The van der Waals surface area contributed by atoms with E-state index < -0.39 is 0 Å². The number of nitrogens with zero attached hydrogens (tertiary/aromatic N) is 4. The molecule has 0 fully saturated rings. The van der Waals surface area contributed by atoms with Gasteiger partial charge >= 0.3 is 0 Å². The average Bonchev–Trinajstić information content (AvgIpc) is 2.90. The summed E-state index contributed by atoms with van der Waals surface area (Å²) < 4.78 is 2.69. The quantitative estimate of drug-likeness (QED) is 0.725. The van der Waals surface area contributed by atoms with Crippen LogP contribution in [0.3, 0.4) is 0 Å².